The van der Waals surface area contributed by atoms with E-state index < -0.39 is 0 Å². The van der Waals surface area contributed by atoms with Gasteiger partial charge in [0.05, 0.1) is 5.92 Å². The molecule has 1 aromatic carbocycles. The normalized spacial score (nSPS) is 20.3. The molecule has 0 radical (unpaired) electrons. The second-order valence-electron chi connectivity index (χ2n) is 7.96. The minimum Gasteiger partial charge on any atom is -0.369 e. The van der Waals surface area contributed by atoms with E-state index in [9.17, 15) is 4.79 Å². The number of piperazine rings is 1. The zero-order valence-electron chi connectivity index (χ0n) is 17.4. The van der Waals surface area contributed by atoms with Crippen molar-refractivity contribution in [3.05, 3.63) is 41.6 Å². The number of amides is 1. The summed E-state index contributed by atoms with van der Waals surface area (Å²) in [6.07, 6.45) is 1.83. The van der Waals surface area contributed by atoms with Crippen LogP contribution in [0.4, 0.5) is 17.2 Å². The monoisotopic (exact) mass is 428 g/mol. The van der Waals surface area contributed by atoms with Crippen molar-refractivity contribution in [2.75, 3.05) is 60.9 Å². The number of piperidine rings is 1. The summed E-state index contributed by atoms with van der Waals surface area (Å²) in [6, 6.07) is 11.8. The number of halogens is 1. The molecule has 1 N–H and O–H groups in total. The molecular formula is C22H29ClN6O. The van der Waals surface area contributed by atoms with Gasteiger partial charge in [0.15, 0.2) is 11.0 Å². The molecule has 2 aromatic rings. The molecular weight excluding hydrogens is 400 g/mol. The Morgan fingerprint density at radius 2 is 1.80 bits per heavy atom. The molecule has 160 valence electrons. The molecule has 0 aliphatic carbocycles. The van der Waals surface area contributed by atoms with Crippen molar-refractivity contribution >= 4 is 34.7 Å². The van der Waals surface area contributed by atoms with Gasteiger partial charge in [0.25, 0.3) is 0 Å². The quantitative estimate of drug-likeness (QED) is 0.789. The van der Waals surface area contributed by atoms with Crippen LogP contribution in [0.15, 0.2) is 36.4 Å². The maximum absolute atomic E-state index is 12.8. The molecule has 1 amide bonds. The summed E-state index contributed by atoms with van der Waals surface area (Å²) in [5.74, 6) is 0.758. The lowest BCUT2D eigenvalue weighted by Gasteiger charge is -2.35. The van der Waals surface area contributed by atoms with Gasteiger partial charge in [-0.1, -0.05) is 18.5 Å². The Hall–Kier alpha value is -2.38. The number of anilines is 3. The minimum absolute atomic E-state index is 0.0610. The van der Waals surface area contributed by atoms with Crippen molar-refractivity contribution in [2.45, 2.75) is 19.8 Å². The molecule has 30 heavy (non-hydrogen) atoms. The summed E-state index contributed by atoms with van der Waals surface area (Å²) >= 11 is 5.83. The molecule has 1 unspecified atom stereocenters. The Labute approximate surface area is 183 Å². The van der Waals surface area contributed by atoms with Crippen LogP contribution in [0.2, 0.25) is 5.15 Å². The number of hydrogen-bond donors (Lipinski definition) is 1. The topological polar surface area (TPSA) is 64.6 Å². The van der Waals surface area contributed by atoms with Gasteiger partial charge in [0.1, 0.15) is 0 Å². The zero-order valence-corrected chi connectivity index (χ0v) is 18.2. The lowest BCUT2D eigenvalue weighted by molar-refractivity contribution is -0.120. The van der Waals surface area contributed by atoms with Crippen LogP contribution in [0.25, 0.3) is 0 Å². The Morgan fingerprint density at radius 1 is 1.03 bits per heavy atom. The van der Waals surface area contributed by atoms with E-state index in [2.05, 4.69) is 49.3 Å². The lowest BCUT2D eigenvalue weighted by Crippen LogP contribution is -2.46. The molecule has 4 rings (SSSR count). The first-order valence-electron chi connectivity index (χ1n) is 10.7. The molecule has 2 aliphatic rings. The number of aromatic nitrogens is 2. The first-order chi connectivity index (χ1) is 14.6. The third-order valence-electron chi connectivity index (χ3n) is 6.05. The van der Waals surface area contributed by atoms with Crippen LogP contribution < -0.4 is 15.1 Å². The lowest BCUT2D eigenvalue weighted by atomic mass is 9.97. The SMILES string of the molecule is CCN1CCN(c2ccc(NC(=O)C3CCCN(c4ccc(Cl)nn4)C3)cc2)CC1. The van der Waals surface area contributed by atoms with E-state index in [1.165, 1.54) is 5.69 Å². The molecule has 0 bridgehead atoms. The van der Waals surface area contributed by atoms with Crippen molar-refractivity contribution in [3.8, 4) is 0 Å². The smallest absolute Gasteiger partial charge is 0.229 e. The highest BCUT2D eigenvalue weighted by Crippen LogP contribution is 2.24. The number of nitrogens with one attached hydrogen (secondary N) is 1. The molecule has 7 nitrogen and oxygen atoms in total. The fourth-order valence-electron chi connectivity index (χ4n) is 4.20. The Bertz CT molecular complexity index is 836. The van der Waals surface area contributed by atoms with E-state index in [1.807, 2.05) is 18.2 Å². The first-order valence-corrected chi connectivity index (χ1v) is 11.1. The van der Waals surface area contributed by atoms with E-state index in [0.717, 1.165) is 63.6 Å². The van der Waals surface area contributed by atoms with Crippen LogP contribution in [0.1, 0.15) is 19.8 Å². The average Bonchev–Trinajstić information content (AvgIpc) is 2.80. The van der Waals surface area contributed by atoms with Crippen molar-refractivity contribution in [2.24, 2.45) is 5.92 Å². The molecule has 1 aromatic heterocycles. The van der Waals surface area contributed by atoms with Crippen molar-refractivity contribution in [1.82, 2.24) is 15.1 Å². The van der Waals surface area contributed by atoms with E-state index in [-0.39, 0.29) is 11.8 Å². The second-order valence-corrected chi connectivity index (χ2v) is 8.34. The van der Waals surface area contributed by atoms with Crippen LogP contribution >= 0.6 is 11.6 Å². The van der Waals surface area contributed by atoms with Gasteiger partial charge in [0, 0.05) is 50.6 Å². The van der Waals surface area contributed by atoms with Gasteiger partial charge in [-0.25, -0.2) is 0 Å². The predicted molar refractivity (Wildman–Crippen MR) is 121 cm³/mol. The predicted octanol–water partition coefficient (Wildman–Crippen LogP) is 3.13. The second kappa shape index (κ2) is 9.62. The number of rotatable bonds is 5. The Balaban J connectivity index is 1.32. The summed E-state index contributed by atoms with van der Waals surface area (Å²) in [5, 5.41) is 11.5. The third-order valence-corrected chi connectivity index (χ3v) is 6.26. The van der Waals surface area contributed by atoms with E-state index >= 15 is 0 Å². The van der Waals surface area contributed by atoms with E-state index in [1.54, 1.807) is 6.07 Å². The van der Waals surface area contributed by atoms with Gasteiger partial charge in [0.2, 0.25) is 5.91 Å². The number of carbonyl (C=O) groups is 1. The summed E-state index contributed by atoms with van der Waals surface area (Å²) < 4.78 is 0. The third kappa shape index (κ3) is 5.02. The van der Waals surface area contributed by atoms with Crippen LogP contribution in [-0.2, 0) is 4.79 Å². The molecule has 1 atom stereocenters. The highest BCUT2D eigenvalue weighted by molar-refractivity contribution is 6.29. The van der Waals surface area contributed by atoms with E-state index in [0.29, 0.717) is 11.7 Å². The van der Waals surface area contributed by atoms with Crippen molar-refractivity contribution in [1.29, 1.82) is 0 Å². The fraction of sp³-hybridized carbons (Fsp3) is 0.500. The largest absolute Gasteiger partial charge is 0.369 e. The Kier molecular flexibility index (Phi) is 6.69. The summed E-state index contributed by atoms with van der Waals surface area (Å²) in [4.78, 5) is 19.8. The van der Waals surface area contributed by atoms with Crippen LogP contribution in [0.3, 0.4) is 0 Å². The fourth-order valence-corrected chi connectivity index (χ4v) is 4.30. The van der Waals surface area contributed by atoms with Crippen molar-refractivity contribution in [3.63, 3.8) is 0 Å². The molecule has 2 saturated heterocycles. The maximum Gasteiger partial charge on any atom is 0.229 e. The van der Waals surface area contributed by atoms with Crippen LogP contribution in [0.5, 0.6) is 0 Å². The number of nitrogens with zero attached hydrogens (tertiary/aromatic N) is 5. The van der Waals surface area contributed by atoms with Gasteiger partial charge in [-0.05, 0) is 55.8 Å². The summed E-state index contributed by atoms with van der Waals surface area (Å²) in [7, 11) is 0. The van der Waals surface area contributed by atoms with E-state index in [4.69, 9.17) is 11.6 Å². The molecule has 2 aliphatic heterocycles. The molecule has 8 heteroatoms. The van der Waals surface area contributed by atoms with Gasteiger partial charge in [-0.3, -0.25) is 4.79 Å². The first kappa shape index (κ1) is 20.9. The van der Waals surface area contributed by atoms with Crippen LogP contribution in [-0.4, -0.2) is 66.8 Å². The minimum atomic E-state index is -0.0713. The maximum atomic E-state index is 12.8. The number of likely N-dealkylation sites (N-methyl/N-ethyl adjacent to an activating group) is 1. The standard InChI is InChI=1S/C22H29ClN6O/c1-2-27-12-14-28(15-13-27)19-7-5-18(6-8-19)24-22(30)17-4-3-11-29(16-17)21-10-9-20(23)25-26-21/h5-10,17H,2-4,11-16H2,1H3,(H,24,30). The Morgan fingerprint density at radius 3 is 2.47 bits per heavy atom. The molecule has 0 spiro atoms. The van der Waals surface area contributed by atoms with Gasteiger partial charge in [-0.15, -0.1) is 10.2 Å². The highest BCUT2D eigenvalue weighted by atomic mass is 35.5. The van der Waals surface area contributed by atoms with Crippen LogP contribution in [0, 0.1) is 5.92 Å². The summed E-state index contributed by atoms with van der Waals surface area (Å²) in [6.45, 7) is 9.14. The van der Waals surface area contributed by atoms with Gasteiger partial charge < -0.3 is 20.0 Å². The number of hydrogen-bond acceptors (Lipinski definition) is 6. The summed E-state index contributed by atoms with van der Waals surface area (Å²) in [5.41, 5.74) is 2.06. The molecule has 3 heterocycles. The molecule has 2 fully saturated rings. The molecule has 0 saturated carbocycles. The number of carbonyl (C=O) groups excluding carboxylic acids is 1. The van der Waals surface area contributed by atoms with Gasteiger partial charge in [-0.2, -0.15) is 0 Å². The van der Waals surface area contributed by atoms with Crippen molar-refractivity contribution < 1.29 is 4.79 Å². The number of benzene rings is 1. The average molecular weight is 429 g/mol. The van der Waals surface area contributed by atoms with Gasteiger partial charge >= 0.3 is 0 Å². The highest BCUT2D eigenvalue weighted by Gasteiger charge is 2.27. The zero-order chi connectivity index (χ0) is 20.9.